The Morgan fingerprint density at radius 1 is 1.05 bits per heavy atom. The van der Waals surface area contributed by atoms with Crippen LogP contribution in [0.5, 0.6) is 0 Å². The van der Waals surface area contributed by atoms with Crippen LogP contribution >= 0.6 is 0 Å². The van der Waals surface area contributed by atoms with Gasteiger partial charge in [-0.25, -0.2) is 0 Å². The van der Waals surface area contributed by atoms with Crippen molar-refractivity contribution in [2.75, 3.05) is 6.54 Å². The highest BCUT2D eigenvalue weighted by Gasteiger charge is 2.05. The molecule has 1 rings (SSSR count). The second-order valence-corrected chi connectivity index (χ2v) is 5.85. The van der Waals surface area contributed by atoms with E-state index in [-0.39, 0.29) is 0 Å². The molecule has 2 heteroatoms. The van der Waals surface area contributed by atoms with Gasteiger partial charge in [0.2, 0.25) is 0 Å². The first-order valence-electron chi connectivity index (χ1n) is 8.07. The Labute approximate surface area is 124 Å². The maximum absolute atomic E-state index is 5.91. The van der Waals surface area contributed by atoms with Gasteiger partial charge < -0.3 is 10.5 Å². The number of hydrogen-bond donors (Lipinski definition) is 1. The molecule has 0 heterocycles. The number of nitrogens with two attached hydrogens (primary N) is 1. The van der Waals surface area contributed by atoms with Gasteiger partial charge in [0.05, 0.1) is 12.7 Å². The molecule has 1 aromatic rings. The predicted molar refractivity (Wildman–Crippen MR) is 86.9 cm³/mol. The van der Waals surface area contributed by atoms with Gasteiger partial charge in [-0.1, -0.05) is 63.8 Å². The highest BCUT2D eigenvalue weighted by atomic mass is 16.5. The molecule has 0 aliphatic rings. The fourth-order valence-corrected chi connectivity index (χ4v) is 2.26. The lowest BCUT2D eigenvalue weighted by Crippen LogP contribution is -2.09. The van der Waals surface area contributed by atoms with Crippen molar-refractivity contribution in [2.24, 2.45) is 5.73 Å². The molecule has 0 radical (unpaired) electrons. The Kier molecular flexibility index (Phi) is 8.56. The van der Waals surface area contributed by atoms with E-state index in [4.69, 9.17) is 10.5 Å². The zero-order valence-electron chi connectivity index (χ0n) is 13.4. The number of hydrogen-bond acceptors (Lipinski definition) is 2. The van der Waals surface area contributed by atoms with Gasteiger partial charge in [-0.05, 0) is 36.9 Å². The molecule has 0 spiro atoms. The molecule has 1 aromatic carbocycles. The number of benzene rings is 1. The molecular formula is C18H31NO. The van der Waals surface area contributed by atoms with Crippen LogP contribution in [-0.4, -0.2) is 12.6 Å². The summed E-state index contributed by atoms with van der Waals surface area (Å²) in [6.45, 7) is 7.99. The van der Waals surface area contributed by atoms with Crippen LogP contribution in [0.25, 0.3) is 0 Å². The average Bonchev–Trinajstić information content (AvgIpc) is 2.49. The smallest absolute Gasteiger partial charge is 0.0720 e. The summed E-state index contributed by atoms with van der Waals surface area (Å²) >= 11 is 0. The minimum Gasteiger partial charge on any atom is -0.374 e. The fraction of sp³-hybridized carbons (Fsp3) is 0.667. The molecule has 2 N–H and O–H groups in total. The van der Waals surface area contributed by atoms with Gasteiger partial charge in [0, 0.05) is 0 Å². The minimum absolute atomic E-state index is 0.356. The molecule has 0 bridgehead atoms. The van der Waals surface area contributed by atoms with E-state index in [1.807, 2.05) is 0 Å². The van der Waals surface area contributed by atoms with Gasteiger partial charge >= 0.3 is 0 Å². The SMILES string of the molecule is CCCCCCC(C)OCc1ccc(C(C)CN)cc1. The maximum atomic E-state index is 5.91. The molecule has 0 aliphatic carbocycles. The van der Waals surface area contributed by atoms with Crippen LogP contribution in [0, 0.1) is 0 Å². The highest BCUT2D eigenvalue weighted by molar-refractivity contribution is 5.24. The molecule has 2 nitrogen and oxygen atoms in total. The van der Waals surface area contributed by atoms with Gasteiger partial charge in [-0.2, -0.15) is 0 Å². The van der Waals surface area contributed by atoms with Crippen LogP contribution in [0.15, 0.2) is 24.3 Å². The average molecular weight is 277 g/mol. The van der Waals surface area contributed by atoms with Gasteiger partial charge in [-0.3, -0.25) is 0 Å². The summed E-state index contributed by atoms with van der Waals surface area (Å²) in [6, 6.07) is 8.65. The first-order valence-corrected chi connectivity index (χ1v) is 8.07. The van der Waals surface area contributed by atoms with Crippen LogP contribution < -0.4 is 5.73 Å². The van der Waals surface area contributed by atoms with E-state index in [1.165, 1.54) is 43.2 Å². The van der Waals surface area contributed by atoms with Crippen molar-refractivity contribution in [3.63, 3.8) is 0 Å². The molecule has 0 amide bonds. The second kappa shape index (κ2) is 9.95. The van der Waals surface area contributed by atoms with E-state index in [0.717, 1.165) is 0 Å². The lowest BCUT2D eigenvalue weighted by Gasteiger charge is -2.14. The standard InChI is InChI=1S/C18H31NO/c1-4-5-6-7-8-16(3)20-14-17-9-11-18(12-10-17)15(2)13-19/h9-12,15-16H,4-8,13-14,19H2,1-3H3. The normalized spacial score (nSPS) is 14.2. The van der Waals surface area contributed by atoms with Crippen LogP contribution in [0.2, 0.25) is 0 Å². The van der Waals surface area contributed by atoms with E-state index in [1.54, 1.807) is 0 Å². The van der Waals surface area contributed by atoms with Gasteiger partial charge in [-0.15, -0.1) is 0 Å². The largest absolute Gasteiger partial charge is 0.374 e. The summed E-state index contributed by atoms with van der Waals surface area (Å²) < 4.78 is 5.91. The highest BCUT2D eigenvalue weighted by Crippen LogP contribution is 2.16. The third-order valence-corrected chi connectivity index (χ3v) is 3.90. The fourth-order valence-electron chi connectivity index (χ4n) is 2.26. The molecule has 0 fully saturated rings. The van der Waals surface area contributed by atoms with E-state index >= 15 is 0 Å². The van der Waals surface area contributed by atoms with Crippen LogP contribution in [0.1, 0.15) is 69.9 Å². The molecule has 2 unspecified atom stereocenters. The van der Waals surface area contributed by atoms with Crippen molar-refractivity contribution in [3.05, 3.63) is 35.4 Å². The summed E-state index contributed by atoms with van der Waals surface area (Å²) in [6.07, 6.45) is 6.77. The van der Waals surface area contributed by atoms with E-state index < -0.39 is 0 Å². The third-order valence-electron chi connectivity index (χ3n) is 3.90. The van der Waals surface area contributed by atoms with Crippen molar-refractivity contribution in [1.82, 2.24) is 0 Å². The summed E-state index contributed by atoms with van der Waals surface area (Å²) in [5.41, 5.74) is 8.24. The summed E-state index contributed by atoms with van der Waals surface area (Å²) in [5.74, 6) is 0.433. The Morgan fingerprint density at radius 2 is 1.75 bits per heavy atom. The Balaban J connectivity index is 2.27. The second-order valence-electron chi connectivity index (χ2n) is 5.85. The molecule has 0 aliphatic heterocycles. The Morgan fingerprint density at radius 3 is 2.35 bits per heavy atom. The van der Waals surface area contributed by atoms with Crippen molar-refractivity contribution in [3.8, 4) is 0 Å². The summed E-state index contributed by atoms with van der Waals surface area (Å²) in [5, 5.41) is 0. The lowest BCUT2D eigenvalue weighted by atomic mass is 10.0. The molecule has 2 atom stereocenters. The third kappa shape index (κ3) is 6.53. The first kappa shape index (κ1) is 17.2. The first-order chi connectivity index (χ1) is 9.67. The molecule has 114 valence electrons. The van der Waals surface area contributed by atoms with Crippen LogP contribution in [0.3, 0.4) is 0 Å². The maximum Gasteiger partial charge on any atom is 0.0720 e. The molecule has 0 saturated heterocycles. The molecule has 20 heavy (non-hydrogen) atoms. The van der Waals surface area contributed by atoms with Crippen molar-refractivity contribution >= 4 is 0 Å². The van der Waals surface area contributed by atoms with Gasteiger partial charge in [0.15, 0.2) is 0 Å². The lowest BCUT2D eigenvalue weighted by molar-refractivity contribution is 0.0459. The van der Waals surface area contributed by atoms with Crippen molar-refractivity contribution in [2.45, 2.75) is 71.5 Å². The number of ether oxygens (including phenoxy) is 1. The van der Waals surface area contributed by atoms with Crippen molar-refractivity contribution < 1.29 is 4.74 Å². The molecule has 0 saturated carbocycles. The van der Waals surface area contributed by atoms with Gasteiger partial charge in [0.25, 0.3) is 0 Å². The Hall–Kier alpha value is -0.860. The number of unbranched alkanes of at least 4 members (excludes halogenated alkanes) is 3. The topological polar surface area (TPSA) is 35.2 Å². The Bertz CT molecular complexity index is 347. The van der Waals surface area contributed by atoms with Crippen LogP contribution in [0.4, 0.5) is 0 Å². The van der Waals surface area contributed by atoms with Crippen LogP contribution in [-0.2, 0) is 11.3 Å². The summed E-state index contributed by atoms with van der Waals surface area (Å²) in [4.78, 5) is 0. The van der Waals surface area contributed by atoms with E-state index in [9.17, 15) is 0 Å². The quantitative estimate of drug-likeness (QED) is 0.633. The molecule has 0 aromatic heterocycles. The summed E-state index contributed by atoms with van der Waals surface area (Å²) in [7, 11) is 0. The minimum atomic E-state index is 0.356. The zero-order valence-corrected chi connectivity index (χ0v) is 13.4. The predicted octanol–water partition coefficient (Wildman–Crippen LogP) is 4.62. The van der Waals surface area contributed by atoms with E-state index in [2.05, 4.69) is 45.0 Å². The number of rotatable bonds is 10. The van der Waals surface area contributed by atoms with Crippen molar-refractivity contribution in [1.29, 1.82) is 0 Å². The molecular weight excluding hydrogens is 246 g/mol. The zero-order chi connectivity index (χ0) is 14.8. The van der Waals surface area contributed by atoms with E-state index in [0.29, 0.717) is 25.2 Å². The monoisotopic (exact) mass is 277 g/mol. The van der Waals surface area contributed by atoms with Gasteiger partial charge in [0.1, 0.15) is 0 Å².